The minimum absolute atomic E-state index is 0.0312. The van der Waals surface area contributed by atoms with Crippen LogP contribution in [-0.2, 0) is 9.53 Å². The van der Waals surface area contributed by atoms with Crippen molar-refractivity contribution in [3.05, 3.63) is 40.9 Å². The summed E-state index contributed by atoms with van der Waals surface area (Å²) in [7, 11) is 0. The van der Waals surface area contributed by atoms with Gasteiger partial charge in [0.2, 0.25) is 0 Å². The summed E-state index contributed by atoms with van der Waals surface area (Å²) in [5.41, 5.74) is -0.219. The normalized spacial score (nSPS) is 17.6. The second-order valence-corrected chi connectivity index (χ2v) is 7.00. The monoisotopic (exact) mass is 415 g/mol. The fourth-order valence-electron chi connectivity index (χ4n) is 3.24. The number of esters is 1. The molecule has 1 fully saturated rings. The zero-order chi connectivity index (χ0) is 20.5. The molecule has 3 rings (SSSR count). The molecule has 1 amide bonds. The van der Waals surface area contributed by atoms with E-state index in [1.54, 1.807) is 24.3 Å². The van der Waals surface area contributed by atoms with Gasteiger partial charge in [-0.15, -0.1) is 0 Å². The van der Waals surface area contributed by atoms with Crippen LogP contribution in [-0.4, -0.2) is 47.8 Å². The quantitative estimate of drug-likeness (QED) is 0.764. The molecule has 0 aromatic heterocycles. The largest absolute Gasteiger partial charge is 0.506 e. The zero-order valence-electron chi connectivity index (χ0n) is 14.6. The fraction of sp³-hybridized carbons (Fsp3) is 0.368. The Balaban J connectivity index is 1.68. The van der Waals surface area contributed by atoms with Crippen LogP contribution in [0.15, 0.2) is 30.3 Å². The van der Waals surface area contributed by atoms with Gasteiger partial charge in [-0.2, -0.15) is 13.2 Å². The number of carbonyl (C=O) groups excluding carboxylic acids is 2. The molecule has 150 valence electrons. The molecule has 1 aliphatic rings. The van der Waals surface area contributed by atoms with Crippen LogP contribution in [0.1, 0.15) is 23.2 Å². The summed E-state index contributed by atoms with van der Waals surface area (Å²) in [5, 5.41) is 11.4. The number of amides is 1. The van der Waals surface area contributed by atoms with E-state index in [4.69, 9.17) is 16.3 Å². The number of fused-ring (bicyclic) bond motifs is 1. The van der Waals surface area contributed by atoms with E-state index in [-0.39, 0.29) is 35.7 Å². The number of hydrogen-bond acceptors (Lipinski definition) is 4. The van der Waals surface area contributed by atoms with Crippen LogP contribution in [0.5, 0.6) is 5.75 Å². The average molecular weight is 416 g/mol. The maximum absolute atomic E-state index is 12.9. The number of benzene rings is 2. The summed E-state index contributed by atoms with van der Waals surface area (Å²) in [4.78, 5) is 25.5. The summed E-state index contributed by atoms with van der Waals surface area (Å²) >= 11 is 6.12. The number of phenols is 1. The van der Waals surface area contributed by atoms with Crippen LogP contribution in [0.4, 0.5) is 13.2 Å². The topological polar surface area (TPSA) is 66.8 Å². The third-order valence-electron chi connectivity index (χ3n) is 4.75. The summed E-state index contributed by atoms with van der Waals surface area (Å²) in [5.74, 6) is -3.62. The fourth-order valence-corrected chi connectivity index (χ4v) is 3.51. The highest BCUT2D eigenvalue weighted by atomic mass is 35.5. The second kappa shape index (κ2) is 7.87. The molecule has 9 heteroatoms. The SMILES string of the molecule is O=C(OCC(=O)N1CCC[C@H](C(F)(F)F)C1)c1cc(Cl)c2ccccc2c1O. The van der Waals surface area contributed by atoms with Gasteiger partial charge in [-0.05, 0) is 18.9 Å². The number of aromatic hydroxyl groups is 1. The van der Waals surface area contributed by atoms with E-state index in [1.807, 2.05) is 0 Å². The van der Waals surface area contributed by atoms with E-state index >= 15 is 0 Å². The third-order valence-corrected chi connectivity index (χ3v) is 5.06. The van der Waals surface area contributed by atoms with Crippen molar-refractivity contribution >= 4 is 34.2 Å². The second-order valence-electron chi connectivity index (χ2n) is 6.60. The predicted octanol–water partition coefficient (Wildman–Crippen LogP) is 4.16. The van der Waals surface area contributed by atoms with E-state index in [2.05, 4.69) is 0 Å². The molecule has 28 heavy (non-hydrogen) atoms. The molecule has 1 N–H and O–H groups in total. The standard InChI is InChI=1S/C19H17ClF3NO4/c20-15-8-14(17(26)13-6-2-1-5-12(13)15)18(27)28-10-16(25)24-7-3-4-11(9-24)19(21,22)23/h1-2,5-6,8,11,26H,3-4,7,9-10H2/t11-/m0/s1. The van der Waals surface area contributed by atoms with Crippen molar-refractivity contribution in [3.8, 4) is 5.75 Å². The Morgan fingerprint density at radius 2 is 1.93 bits per heavy atom. The number of phenolic OH excluding ortho intramolecular Hbond substituents is 1. The number of nitrogens with zero attached hydrogens (tertiary/aromatic N) is 1. The third kappa shape index (κ3) is 4.16. The summed E-state index contributed by atoms with van der Waals surface area (Å²) in [6, 6.07) is 7.85. The molecule has 0 bridgehead atoms. The van der Waals surface area contributed by atoms with Gasteiger partial charge in [0.1, 0.15) is 11.3 Å². The first kappa shape index (κ1) is 20.3. The van der Waals surface area contributed by atoms with E-state index < -0.39 is 37.1 Å². The Bertz CT molecular complexity index is 916. The Kier molecular flexibility index (Phi) is 5.69. The zero-order valence-corrected chi connectivity index (χ0v) is 15.4. The first-order valence-corrected chi connectivity index (χ1v) is 8.98. The van der Waals surface area contributed by atoms with E-state index in [0.717, 1.165) is 4.90 Å². The predicted molar refractivity (Wildman–Crippen MR) is 96.3 cm³/mol. The molecule has 5 nitrogen and oxygen atoms in total. The number of likely N-dealkylation sites (tertiary alicyclic amines) is 1. The van der Waals surface area contributed by atoms with Gasteiger partial charge < -0.3 is 14.7 Å². The van der Waals surface area contributed by atoms with Crippen molar-refractivity contribution < 1.29 is 32.6 Å². The molecule has 1 saturated heterocycles. The molecule has 0 saturated carbocycles. The molecule has 1 aliphatic heterocycles. The highest BCUT2D eigenvalue weighted by Crippen LogP contribution is 2.35. The van der Waals surface area contributed by atoms with Gasteiger partial charge in [0.25, 0.3) is 5.91 Å². The van der Waals surface area contributed by atoms with E-state index in [1.165, 1.54) is 6.07 Å². The number of ether oxygens (including phenoxy) is 1. The Morgan fingerprint density at radius 3 is 2.61 bits per heavy atom. The minimum atomic E-state index is -4.37. The Hall–Kier alpha value is -2.48. The van der Waals surface area contributed by atoms with Crippen LogP contribution < -0.4 is 0 Å². The molecule has 0 unspecified atom stereocenters. The highest BCUT2D eigenvalue weighted by molar-refractivity contribution is 6.36. The first-order valence-electron chi connectivity index (χ1n) is 8.60. The molecule has 0 spiro atoms. The van der Waals surface area contributed by atoms with Crippen LogP contribution in [0.25, 0.3) is 10.8 Å². The van der Waals surface area contributed by atoms with Crippen molar-refractivity contribution in [1.29, 1.82) is 0 Å². The number of piperidine rings is 1. The molecule has 0 radical (unpaired) electrons. The lowest BCUT2D eigenvalue weighted by atomic mass is 9.97. The van der Waals surface area contributed by atoms with Gasteiger partial charge in [-0.25, -0.2) is 4.79 Å². The highest BCUT2D eigenvalue weighted by Gasteiger charge is 2.42. The van der Waals surface area contributed by atoms with Crippen LogP contribution in [0, 0.1) is 5.92 Å². The molecule has 1 heterocycles. The van der Waals surface area contributed by atoms with Gasteiger partial charge in [0, 0.05) is 28.9 Å². The number of carbonyl (C=O) groups is 2. The van der Waals surface area contributed by atoms with Crippen molar-refractivity contribution in [2.75, 3.05) is 19.7 Å². The van der Waals surface area contributed by atoms with Gasteiger partial charge in [-0.1, -0.05) is 35.9 Å². The van der Waals surface area contributed by atoms with Crippen molar-refractivity contribution in [2.24, 2.45) is 5.92 Å². The van der Waals surface area contributed by atoms with Crippen molar-refractivity contribution in [2.45, 2.75) is 19.0 Å². The lowest BCUT2D eigenvalue weighted by Gasteiger charge is -2.33. The van der Waals surface area contributed by atoms with Crippen LogP contribution in [0.2, 0.25) is 5.02 Å². The lowest BCUT2D eigenvalue weighted by molar-refractivity contribution is -0.188. The Morgan fingerprint density at radius 1 is 1.25 bits per heavy atom. The molecule has 1 atom stereocenters. The maximum Gasteiger partial charge on any atom is 0.393 e. The number of alkyl halides is 3. The Labute approximate surface area is 163 Å². The molecule has 2 aromatic carbocycles. The van der Waals surface area contributed by atoms with Crippen molar-refractivity contribution in [3.63, 3.8) is 0 Å². The van der Waals surface area contributed by atoms with Crippen LogP contribution >= 0.6 is 11.6 Å². The first-order chi connectivity index (χ1) is 13.2. The van der Waals surface area contributed by atoms with E-state index in [9.17, 15) is 27.9 Å². The molecule has 0 aliphatic carbocycles. The summed E-state index contributed by atoms with van der Waals surface area (Å²) < 4.78 is 43.5. The molecular weight excluding hydrogens is 399 g/mol. The summed E-state index contributed by atoms with van der Waals surface area (Å²) in [6.07, 6.45) is -4.18. The smallest absolute Gasteiger partial charge is 0.393 e. The average Bonchev–Trinajstić information content (AvgIpc) is 2.68. The van der Waals surface area contributed by atoms with Gasteiger partial charge in [-0.3, -0.25) is 4.79 Å². The summed E-state index contributed by atoms with van der Waals surface area (Å²) in [6.45, 7) is -0.990. The van der Waals surface area contributed by atoms with Crippen molar-refractivity contribution in [1.82, 2.24) is 4.90 Å². The number of halogens is 4. The van der Waals surface area contributed by atoms with Crippen LogP contribution in [0.3, 0.4) is 0 Å². The molecular formula is C19H17ClF3NO4. The lowest BCUT2D eigenvalue weighted by Crippen LogP contribution is -2.46. The number of rotatable bonds is 3. The van der Waals surface area contributed by atoms with Gasteiger partial charge >= 0.3 is 12.1 Å². The minimum Gasteiger partial charge on any atom is -0.506 e. The maximum atomic E-state index is 12.9. The van der Waals surface area contributed by atoms with E-state index in [0.29, 0.717) is 10.8 Å². The number of hydrogen-bond donors (Lipinski definition) is 1. The van der Waals surface area contributed by atoms with Gasteiger partial charge in [0.05, 0.1) is 5.92 Å². The molecule has 2 aromatic rings. The van der Waals surface area contributed by atoms with Gasteiger partial charge in [0.15, 0.2) is 6.61 Å².